The summed E-state index contributed by atoms with van der Waals surface area (Å²) in [5.74, 6) is -1.03. The molecule has 4 aromatic rings. The molecule has 1 N–H and O–H groups in total. The summed E-state index contributed by atoms with van der Waals surface area (Å²) < 4.78 is 85.1. The monoisotopic (exact) mass is 564 g/mol. The number of alkyl halides is 6. The summed E-state index contributed by atoms with van der Waals surface area (Å²) in [6, 6.07) is 7.03. The number of carbonyl (C=O) groups excluding carboxylic acids is 1. The molecule has 0 aliphatic rings. The third-order valence-corrected chi connectivity index (χ3v) is 5.83. The van der Waals surface area contributed by atoms with E-state index < -0.39 is 48.0 Å². The number of halogens is 8. The van der Waals surface area contributed by atoms with E-state index in [9.17, 15) is 36.2 Å². The third-order valence-electron chi connectivity index (χ3n) is 5.13. The predicted molar refractivity (Wildman–Crippen MR) is 117 cm³/mol. The molecule has 2 aromatic heterocycles. The Balaban J connectivity index is 1.76. The molecule has 0 aliphatic heterocycles. The summed E-state index contributed by atoms with van der Waals surface area (Å²) in [6.07, 6.45) is -10.1. The Morgan fingerprint density at radius 1 is 1.00 bits per heavy atom. The van der Waals surface area contributed by atoms with E-state index >= 15 is 0 Å². The highest BCUT2D eigenvalue weighted by atomic mass is 35.5. The van der Waals surface area contributed by atoms with Gasteiger partial charge in [0.25, 0.3) is 0 Å². The molecule has 4 rings (SSSR count). The number of aliphatic hydroxyl groups is 1. The zero-order valence-corrected chi connectivity index (χ0v) is 19.5. The van der Waals surface area contributed by atoms with Gasteiger partial charge in [-0.3, -0.25) is 4.79 Å². The SMILES string of the molecule is O=C(c1ccccc1Cl)c1c(CO)noc1-c1nnn(Cc2cc(C(F)(F)F)cc(C(F)(F)F)c2)c1Cl. The van der Waals surface area contributed by atoms with Crippen LogP contribution < -0.4 is 0 Å². The minimum Gasteiger partial charge on any atom is -0.390 e. The van der Waals surface area contributed by atoms with Crippen molar-refractivity contribution in [3.05, 3.63) is 86.2 Å². The van der Waals surface area contributed by atoms with Gasteiger partial charge in [0.05, 0.1) is 34.9 Å². The molecule has 7 nitrogen and oxygen atoms in total. The van der Waals surface area contributed by atoms with Crippen LogP contribution in [-0.2, 0) is 25.5 Å². The first-order valence-electron chi connectivity index (χ1n) is 10.1. The Morgan fingerprint density at radius 3 is 2.19 bits per heavy atom. The molecule has 0 fully saturated rings. The van der Waals surface area contributed by atoms with Gasteiger partial charge in [0, 0.05) is 5.56 Å². The number of rotatable bonds is 6. The number of hydrogen-bond acceptors (Lipinski definition) is 6. The Bertz CT molecular complexity index is 1450. The topological polar surface area (TPSA) is 94.0 Å². The van der Waals surface area contributed by atoms with Crippen molar-refractivity contribution in [2.75, 3.05) is 0 Å². The maximum absolute atomic E-state index is 13.2. The van der Waals surface area contributed by atoms with Crippen molar-refractivity contribution < 1.29 is 40.8 Å². The summed E-state index contributed by atoms with van der Waals surface area (Å²) in [7, 11) is 0. The van der Waals surface area contributed by atoms with E-state index in [4.69, 9.17) is 27.7 Å². The first kappa shape index (κ1) is 26.6. The molecule has 0 spiro atoms. The second-order valence-electron chi connectivity index (χ2n) is 7.60. The number of nitrogens with zero attached hydrogens (tertiary/aromatic N) is 4. The molecule has 194 valence electrons. The fourth-order valence-corrected chi connectivity index (χ4v) is 3.87. The van der Waals surface area contributed by atoms with Gasteiger partial charge in [-0.1, -0.05) is 45.7 Å². The van der Waals surface area contributed by atoms with Gasteiger partial charge in [-0.15, -0.1) is 5.10 Å². The van der Waals surface area contributed by atoms with Gasteiger partial charge < -0.3 is 9.63 Å². The van der Waals surface area contributed by atoms with E-state index in [2.05, 4.69) is 15.5 Å². The molecule has 37 heavy (non-hydrogen) atoms. The van der Waals surface area contributed by atoms with Crippen molar-refractivity contribution in [3.63, 3.8) is 0 Å². The second-order valence-corrected chi connectivity index (χ2v) is 8.37. The highest BCUT2D eigenvalue weighted by molar-refractivity contribution is 6.35. The van der Waals surface area contributed by atoms with Gasteiger partial charge in [0.15, 0.2) is 10.8 Å². The number of hydrogen-bond donors (Lipinski definition) is 1. The third kappa shape index (κ3) is 5.33. The fourth-order valence-electron chi connectivity index (χ4n) is 3.43. The molecule has 15 heteroatoms. The summed E-state index contributed by atoms with van der Waals surface area (Å²) in [5, 5.41) is 20.4. The van der Waals surface area contributed by atoms with Gasteiger partial charge in [0.1, 0.15) is 5.69 Å². The van der Waals surface area contributed by atoms with Crippen LogP contribution in [0.5, 0.6) is 0 Å². The van der Waals surface area contributed by atoms with Gasteiger partial charge in [0.2, 0.25) is 11.5 Å². The quantitative estimate of drug-likeness (QED) is 0.226. The minimum atomic E-state index is -5.04. The first-order chi connectivity index (χ1) is 17.3. The number of ketones is 1. The number of aromatic nitrogens is 4. The Hall–Kier alpha value is -3.42. The number of carbonyl (C=O) groups is 1. The van der Waals surface area contributed by atoms with Crippen LogP contribution in [0.3, 0.4) is 0 Å². The van der Waals surface area contributed by atoms with Crippen molar-refractivity contribution in [2.45, 2.75) is 25.5 Å². The van der Waals surface area contributed by atoms with Crippen LogP contribution in [0.15, 0.2) is 47.0 Å². The lowest BCUT2D eigenvalue weighted by Crippen LogP contribution is -2.13. The first-order valence-corrected chi connectivity index (χ1v) is 10.8. The highest BCUT2D eigenvalue weighted by Gasteiger charge is 2.37. The van der Waals surface area contributed by atoms with Crippen LogP contribution in [0.25, 0.3) is 11.5 Å². The van der Waals surface area contributed by atoms with Crippen LogP contribution in [-0.4, -0.2) is 31.0 Å². The zero-order valence-electron chi connectivity index (χ0n) is 18.0. The van der Waals surface area contributed by atoms with E-state index in [-0.39, 0.29) is 44.5 Å². The van der Waals surface area contributed by atoms with Gasteiger partial charge >= 0.3 is 12.4 Å². The largest absolute Gasteiger partial charge is 0.416 e. The van der Waals surface area contributed by atoms with Crippen molar-refractivity contribution in [1.82, 2.24) is 20.2 Å². The molecule has 2 aromatic carbocycles. The minimum absolute atomic E-state index is 0.00455. The predicted octanol–water partition coefficient (Wildman–Crippen LogP) is 6.05. The van der Waals surface area contributed by atoms with Gasteiger partial charge in [-0.05, 0) is 35.9 Å². The van der Waals surface area contributed by atoms with E-state index in [1.165, 1.54) is 12.1 Å². The maximum atomic E-state index is 13.2. The molecule has 0 aliphatic carbocycles. The molecule has 0 radical (unpaired) electrons. The smallest absolute Gasteiger partial charge is 0.390 e. The lowest BCUT2D eigenvalue weighted by Gasteiger charge is -2.14. The lowest BCUT2D eigenvalue weighted by atomic mass is 10.0. The normalized spacial score (nSPS) is 12.2. The Kier molecular flexibility index (Phi) is 7.06. The number of benzene rings is 2. The van der Waals surface area contributed by atoms with Gasteiger partial charge in [-0.25, -0.2) is 4.68 Å². The van der Waals surface area contributed by atoms with E-state index in [1.807, 2.05) is 0 Å². The highest BCUT2D eigenvalue weighted by Crippen LogP contribution is 2.37. The molecule has 0 unspecified atom stereocenters. The summed E-state index contributed by atoms with van der Waals surface area (Å²) in [6.45, 7) is -1.35. The van der Waals surface area contributed by atoms with Gasteiger partial charge in [-0.2, -0.15) is 26.3 Å². The maximum Gasteiger partial charge on any atom is 0.416 e. The molecule has 0 saturated carbocycles. The Morgan fingerprint density at radius 2 is 1.62 bits per heavy atom. The fraction of sp³-hybridized carbons (Fsp3) is 0.182. The standard InChI is InChI=1S/C22H12Cl2F6N4O3/c23-14-4-2-1-3-13(14)18(36)16-15(9-35)32-37-19(16)17-20(24)34(33-31-17)8-10-5-11(21(25,26)27)7-12(6-10)22(28,29)30/h1-7,35H,8-9H2. The van der Waals surface area contributed by atoms with Crippen LogP contribution in [0.4, 0.5) is 26.3 Å². The Labute approximate surface area is 213 Å². The molecule has 2 heterocycles. The summed E-state index contributed by atoms with van der Waals surface area (Å²) in [4.78, 5) is 13.2. The average Bonchev–Trinajstić information content (AvgIpc) is 3.40. The zero-order chi connectivity index (χ0) is 27.1. The molecule has 0 amide bonds. The second kappa shape index (κ2) is 9.80. The molecule has 0 atom stereocenters. The van der Waals surface area contributed by atoms with Crippen molar-refractivity contribution >= 4 is 29.0 Å². The van der Waals surface area contributed by atoms with Crippen LogP contribution >= 0.6 is 23.2 Å². The average molecular weight is 565 g/mol. The molecule has 0 bridgehead atoms. The summed E-state index contributed by atoms with van der Waals surface area (Å²) in [5.41, 5.74) is -4.11. The van der Waals surface area contributed by atoms with Crippen molar-refractivity contribution in [2.24, 2.45) is 0 Å². The van der Waals surface area contributed by atoms with E-state index in [0.29, 0.717) is 12.1 Å². The van der Waals surface area contributed by atoms with Crippen molar-refractivity contribution in [1.29, 1.82) is 0 Å². The summed E-state index contributed by atoms with van der Waals surface area (Å²) >= 11 is 12.4. The van der Waals surface area contributed by atoms with Crippen molar-refractivity contribution in [3.8, 4) is 11.5 Å². The van der Waals surface area contributed by atoms with Crippen LogP contribution in [0.1, 0.15) is 38.3 Å². The van der Waals surface area contributed by atoms with Crippen LogP contribution in [0.2, 0.25) is 10.2 Å². The molecule has 0 saturated heterocycles. The number of aliphatic hydroxyl groups excluding tert-OH is 1. The lowest BCUT2D eigenvalue weighted by molar-refractivity contribution is -0.143. The molecular formula is C22H12Cl2F6N4O3. The van der Waals surface area contributed by atoms with E-state index in [0.717, 1.165) is 4.68 Å². The van der Waals surface area contributed by atoms with Crippen LogP contribution in [0, 0.1) is 0 Å². The van der Waals surface area contributed by atoms with E-state index in [1.54, 1.807) is 12.1 Å². The molecular weight excluding hydrogens is 553 g/mol.